The molecule has 0 heterocycles. The monoisotopic (exact) mass is 584 g/mol. The van der Waals surface area contributed by atoms with Crippen molar-refractivity contribution in [3.8, 4) is 5.75 Å². The molecular weight excluding hydrogens is 543 g/mol. The fourth-order valence-corrected chi connectivity index (χ4v) is 5.01. The molecule has 0 bridgehead atoms. The van der Waals surface area contributed by atoms with E-state index in [1.807, 2.05) is 48.5 Å². The molecule has 2 atom stereocenters. The standard InChI is InChI=1S/C28H42BrO6P/c29-21-24-35-36(30,31)34-23-14-20-28(33-25-26-15-8-6-9-16-26)19-10-4-2-1-3-5-13-22-32-27-17-11-7-12-18-27/h6-9,11-12,15-18,28H,1-5,10,13-14,19-25H2,(H,30,31). The van der Waals surface area contributed by atoms with Crippen LogP contribution in [0.1, 0.15) is 69.8 Å². The van der Waals surface area contributed by atoms with Crippen molar-refractivity contribution in [2.24, 2.45) is 0 Å². The molecule has 0 aliphatic heterocycles. The van der Waals surface area contributed by atoms with Gasteiger partial charge in [0.2, 0.25) is 0 Å². The van der Waals surface area contributed by atoms with Crippen molar-refractivity contribution in [2.75, 3.05) is 25.2 Å². The number of phosphoric acid groups is 1. The molecule has 0 saturated heterocycles. The maximum atomic E-state index is 11.8. The van der Waals surface area contributed by atoms with E-state index >= 15 is 0 Å². The first-order valence-electron chi connectivity index (χ1n) is 13.1. The topological polar surface area (TPSA) is 74.2 Å². The molecule has 0 fully saturated rings. The van der Waals surface area contributed by atoms with Gasteiger partial charge in [0.05, 0.1) is 32.5 Å². The molecule has 0 amide bonds. The zero-order chi connectivity index (χ0) is 25.7. The van der Waals surface area contributed by atoms with Crippen molar-refractivity contribution in [3.63, 3.8) is 0 Å². The van der Waals surface area contributed by atoms with Gasteiger partial charge in [0.15, 0.2) is 0 Å². The van der Waals surface area contributed by atoms with Crippen molar-refractivity contribution in [3.05, 3.63) is 66.2 Å². The highest BCUT2D eigenvalue weighted by molar-refractivity contribution is 9.09. The summed E-state index contributed by atoms with van der Waals surface area (Å²) in [6.45, 7) is 1.67. The number of hydrogen-bond acceptors (Lipinski definition) is 5. The summed E-state index contributed by atoms with van der Waals surface area (Å²) >= 11 is 3.17. The van der Waals surface area contributed by atoms with Gasteiger partial charge in [-0.2, -0.15) is 0 Å². The third-order valence-electron chi connectivity index (χ3n) is 5.77. The lowest BCUT2D eigenvalue weighted by Gasteiger charge is -2.19. The lowest BCUT2D eigenvalue weighted by atomic mass is 10.0. The average molecular weight is 586 g/mol. The summed E-state index contributed by atoms with van der Waals surface area (Å²) in [4.78, 5) is 9.66. The number of alkyl halides is 1. The number of ether oxygens (including phenoxy) is 2. The SMILES string of the molecule is O=P(O)(OCCBr)OCCCC(CCCCCCCCCOc1ccccc1)OCc1ccccc1. The van der Waals surface area contributed by atoms with Crippen LogP contribution in [-0.2, 0) is 25.0 Å². The van der Waals surface area contributed by atoms with Gasteiger partial charge in [0.1, 0.15) is 5.75 Å². The summed E-state index contributed by atoms with van der Waals surface area (Å²) < 4.78 is 33.7. The maximum absolute atomic E-state index is 11.8. The van der Waals surface area contributed by atoms with Crippen molar-refractivity contribution < 1.29 is 28.0 Å². The number of hydrogen-bond donors (Lipinski definition) is 1. The summed E-state index contributed by atoms with van der Waals surface area (Å²) in [5.41, 5.74) is 1.15. The van der Waals surface area contributed by atoms with Crippen LogP contribution in [0, 0.1) is 0 Å². The number of para-hydroxylation sites is 1. The van der Waals surface area contributed by atoms with Gasteiger partial charge in [0.25, 0.3) is 0 Å². The van der Waals surface area contributed by atoms with Gasteiger partial charge < -0.3 is 14.4 Å². The third-order valence-corrected chi connectivity index (χ3v) is 7.11. The van der Waals surface area contributed by atoms with E-state index in [0.29, 0.717) is 18.4 Å². The van der Waals surface area contributed by atoms with E-state index in [1.54, 1.807) is 0 Å². The van der Waals surface area contributed by atoms with E-state index in [9.17, 15) is 9.46 Å². The van der Waals surface area contributed by atoms with E-state index in [0.717, 1.165) is 43.6 Å². The predicted octanol–water partition coefficient (Wildman–Crippen LogP) is 8.08. The fraction of sp³-hybridized carbons (Fsp3) is 0.571. The van der Waals surface area contributed by atoms with Crippen molar-refractivity contribution >= 4 is 23.8 Å². The van der Waals surface area contributed by atoms with Crippen molar-refractivity contribution in [1.29, 1.82) is 0 Å². The molecule has 0 aliphatic rings. The zero-order valence-corrected chi connectivity index (χ0v) is 23.8. The fourth-order valence-electron chi connectivity index (χ4n) is 3.84. The first kappa shape index (κ1) is 31.0. The van der Waals surface area contributed by atoms with Crippen LogP contribution in [0.3, 0.4) is 0 Å². The Labute approximate surface area is 225 Å². The highest BCUT2D eigenvalue weighted by Gasteiger charge is 2.20. The molecule has 1 N–H and O–H groups in total. The molecule has 2 aromatic carbocycles. The van der Waals surface area contributed by atoms with Gasteiger partial charge in [-0.15, -0.1) is 0 Å². The Hall–Kier alpha value is -1.21. The smallest absolute Gasteiger partial charge is 0.472 e. The van der Waals surface area contributed by atoms with Crippen molar-refractivity contribution in [2.45, 2.75) is 76.9 Å². The average Bonchev–Trinajstić information content (AvgIpc) is 2.90. The summed E-state index contributed by atoms with van der Waals surface area (Å²) in [7, 11) is -3.97. The molecule has 202 valence electrons. The molecule has 6 nitrogen and oxygen atoms in total. The summed E-state index contributed by atoms with van der Waals surface area (Å²) in [6.07, 6.45) is 10.8. The maximum Gasteiger partial charge on any atom is 0.472 e. The van der Waals surface area contributed by atoms with E-state index in [2.05, 4.69) is 28.1 Å². The molecule has 2 unspecified atom stereocenters. The van der Waals surface area contributed by atoms with Gasteiger partial charge in [0, 0.05) is 5.33 Å². The second kappa shape index (κ2) is 19.8. The van der Waals surface area contributed by atoms with Gasteiger partial charge in [-0.3, -0.25) is 9.05 Å². The first-order valence-corrected chi connectivity index (χ1v) is 15.7. The quantitative estimate of drug-likeness (QED) is 0.0856. The minimum absolute atomic E-state index is 0.102. The van der Waals surface area contributed by atoms with E-state index in [4.69, 9.17) is 18.5 Å². The highest BCUT2D eigenvalue weighted by atomic mass is 79.9. The predicted molar refractivity (Wildman–Crippen MR) is 149 cm³/mol. The van der Waals surface area contributed by atoms with Crippen LogP contribution in [0.15, 0.2) is 60.7 Å². The third kappa shape index (κ3) is 15.8. The van der Waals surface area contributed by atoms with Crippen LogP contribution in [-0.4, -0.2) is 36.1 Å². The molecule has 0 radical (unpaired) electrons. The zero-order valence-electron chi connectivity index (χ0n) is 21.3. The second-order valence-electron chi connectivity index (χ2n) is 8.81. The minimum Gasteiger partial charge on any atom is -0.494 e. The summed E-state index contributed by atoms with van der Waals surface area (Å²) in [6, 6.07) is 20.1. The largest absolute Gasteiger partial charge is 0.494 e. The molecule has 0 aromatic heterocycles. The Bertz CT molecular complexity index is 823. The number of rotatable bonds is 22. The Morgan fingerprint density at radius 2 is 1.31 bits per heavy atom. The molecular formula is C28H42BrO6P. The molecule has 2 aromatic rings. The molecule has 0 saturated carbocycles. The Morgan fingerprint density at radius 3 is 2.00 bits per heavy atom. The van der Waals surface area contributed by atoms with Gasteiger partial charge in [-0.05, 0) is 43.4 Å². The number of unbranched alkanes of at least 4 members (excludes halogenated alkanes) is 6. The Balaban J connectivity index is 1.57. The second-order valence-corrected chi connectivity index (χ2v) is 11.1. The van der Waals surface area contributed by atoms with E-state index < -0.39 is 7.82 Å². The van der Waals surface area contributed by atoms with E-state index in [-0.39, 0.29) is 19.3 Å². The van der Waals surface area contributed by atoms with Gasteiger partial charge >= 0.3 is 7.82 Å². The first-order chi connectivity index (χ1) is 17.6. The summed E-state index contributed by atoms with van der Waals surface area (Å²) in [5.74, 6) is 0.946. The Morgan fingerprint density at radius 1 is 0.722 bits per heavy atom. The number of halogens is 1. The van der Waals surface area contributed by atoms with Gasteiger partial charge in [-0.25, -0.2) is 4.57 Å². The van der Waals surface area contributed by atoms with Gasteiger partial charge in [-0.1, -0.05) is 103 Å². The molecule has 0 spiro atoms. The lowest BCUT2D eigenvalue weighted by Crippen LogP contribution is -2.14. The molecule has 2 rings (SSSR count). The number of benzene rings is 2. The van der Waals surface area contributed by atoms with Crippen LogP contribution in [0.2, 0.25) is 0 Å². The van der Waals surface area contributed by atoms with Crippen LogP contribution >= 0.6 is 23.8 Å². The van der Waals surface area contributed by atoms with Crippen LogP contribution < -0.4 is 4.74 Å². The van der Waals surface area contributed by atoms with Crippen LogP contribution in [0.4, 0.5) is 0 Å². The molecule has 36 heavy (non-hydrogen) atoms. The lowest BCUT2D eigenvalue weighted by molar-refractivity contribution is 0.0231. The van der Waals surface area contributed by atoms with Crippen LogP contribution in [0.25, 0.3) is 0 Å². The van der Waals surface area contributed by atoms with Crippen LogP contribution in [0.5, 0.6) is 5.75 Å². The summed E-state index contributed by atoms with van der Waals surface area (Å²) in [5, 5.41) is 0.485. The Kier molecular flexibility index (Phi) is 17.1. The molecule has 8 heteroatoms. The number of phosphoric ester groups is 1. The van der Waals surface area contributed by atoms with E-state index in [1.165, 1.54) is 32.1 Å². The molecule has 0 aliphatic carbocycles. The minimum atomic E-state index is -3.97. The highest BCUT2D eigenvalue weighted by Crippen LogP contribution is 2.43. The normalized spacial score (nSPS) is 13.8. The van der Waals surface area contributed by atoms with Crippen molar-refractivity contribution in [1.82, 2.24) is 0 Å².